The third-order valence-electron chi connectivity index (χ3n) is 5.06. The summed E-state index contributed by atoms with van der Waals surface area (Å²) in [5, 5.41) is 7.63. The zero-order valence-corrected chi connectivity index (χ0v) is 18.4. The second-order valence-corrected chi connectivity index (χ2v) is 7.54. The summed E-state index contributed by atoms with van der Waals surface area (Å²) in [6.45, 7) is -0.0319. The second-order valence-electron chi connectivity index (χ2n) is 7.54. The lowest BCUT2D eigenvalue weighted by Gasteiger charge is -2.10. The number of hydrogen-bond donors (Lipinski definition) is 3. The fourth-order valence-corrected chi connectivity index (χ4v) is 3.27. The normalized spacial score (nSPS) is 10.4. The Bertz CT molecular complexity index is 1150. The molecule has 0 aliphatic carbocycles. The van der Waals surface area contributed by atoms with Crippen LogP contribution in [0.5, 0.6) is 0 Å². The van der Waals surface area contributed by atoms with Crippen LogP contribution < -0.4 is 16.0 Å². The Hall–Kier alpha value is -4.07. The number of aryl methyl sites for hydroxylation is 1. The van der Waals surface area contributed by atoms with E-state index in [1.54, 1.807) is 18.2 Å². The Balaban J connectivity index is 1.39. The third-order valence-corrected chi connectivity index (χ3v) is 5.06. The van der Waals surface area contributed by atoms with E-state index in [1.165, 1.54) is 18.2 Å². The van der Waals surface area contributed by atoms with Crippen molar-refractivity contribution in [3.63, 3.8) is 0 Å². The molecule has 3 rings (SSSR count). The van der Waals surface area contributed by atoms with Crippen molar-refractivity contribution in [1.29, 1.82) is 0 Å². The quantitative estimate of drug-likeness (QED) is 0.402. The lowest BCUT2D eigenvalue weighted by atomic mass is 10.0. The van der Waals surface area contributed by atoms with Crippen LogP contribution >= 0.6 is 0 Å². The predicted octanol–water partition coefficient (Wildman–Crippen LogP) is 3.23. The van der Waals surface area contributed by atoms with E-state index in [1.807, 2.05) is 30.3 Å². The summed E-state index contributed by atoms with van der Waals surface area (Å²) in [7, 11) is 0. The maximum atomic E-state index is 14.2. The molecule has 176 valence electrons. The van der Waals surface area contributed by atoms with Gasteiger partial charge in [0.25, 0.3) is 5.91 Å². The van der Waals surface area contributed by atoms with Gasteiger partial charge in [0.05, 0.1) is 12.1 Å². The van der Waals surface area contributed by atoms with Crippen molar-refractivity contribution in [3.05, 3.63) is 95.6 Å². The molecule has 0 saturated heterocycles. The molecule has 0 bridgehead atoms. The minimum Gasteiger partial charge on any atom is -0.353 e. The van der Waals surface area contributed by atoms with Crippen LogP contribution in [0.1, 0.15) is 22.3 Å². The summed E-state index contributed by atoms with van der Waals surface area (Å²) in [5.41, 5.74) is 1.45. The SMILES string of the molecule is O=C(CCc1ccccc1)NCC(=O)NCCNC(=O)c1cc(-c2ccccc2F)ccc1F. The standard InChI is InChI=1S/C26H25F2N3O3/c27-22-9-5-4-8-20(22)19-11-12-23(28)21(16-19)26(34)30-15-14-29-25(33)17-31-24(32)13-10-18-6-2-1-3-7-18/h1-9,11-12,16H,10,13-15,17H2,(H,29,33)(H,30,34)(H,31,32). The highest BCUT2D eigenvalue weighted by molar-refractivity contribution is 5.95. The maximum Gasteiger partial charge on any atom is 0.254 e. The van der Waals surface area contributed by atoms with Crippen molar-refractivity contribution in [2.24, 2.45) is 0 Å². The van der Waals surface area contributed by atoms with Crippen LogP contribution in [0.2, 0.25) is 0 Å². The number of carbonyl (C=O) groups is 3. The fourth-order valence-electron chi connectivity index (χ4n) is 3.27. The predicted molar refractivity (Wildman–Crippen MR) is 125 cm³/mol. The number of rotatable bonds is 10. The number of hydrogen-bond acceptors (Lipinski definition) is 3. The van der Waals surface area contributed by atoms with Crippen LogP contribution in [0.4, 0.5) is 8.78 Å². The van der Waals surface area contributed by atoms with E-state index in [0.29, 0.717) is 12.0 Å². The molecule has 6 nitrogen and oxygen atoms in total. The molecule has 3 aromatic carbocycles. The molecular weight excluding hydrogens is 440 g/mol. The van der Waals surface area contributed by atoms with Gasteiger partial charge in [-0.1, -0.05) is 54.6 Å². The first-order chi connectivity index (χ1) is 16.4. The Morgan fingerprint density at radius 1 is 0.706 bits per heavy atom. The zero-order valence-electron chi connectivity index (χ0n) is 18.4. The van der Waals surface area contributed by atoms with Crippen LogP contribution in [-0.2, 0) is 16.0 Å². The molecule has 3 aromatic rings. The molecule has 0 aromatic heterocycles. The third kappa shape index (κ3) is 7.23. The van der Waals surface area contributed by atoms with Gasteiger partial charge in [0.1, 0.15) is 11.6 Å². The molecule has 8 heteroatoms. The second kappa shape index (κ2) is 12.2. The summed E-state index contributed by atoms with van der Waals surface area (Å²) in [4.78, 5) is 36.1. The van der Waals surface area contributed by atoms with Gasteiger partial charge in [-0.05, 0) is 35.7 Å². The smallest absolute Gasteiger partial charge is 0.254 e. The molecule has 3 N–H and O–H groups in total. The lowest BCUT2D eigenvalue weighted by Crippen LogP contribution is -2.40. The van der Waals surface area contributed by atoms with Gasteiger partial charge < -0.3 is 16.0 Å². The van der Waals surface area contributed by atoms with Gasteiger partial charge in [-0.3, -0.25) is 14.4 Å². The van der Waals surface area contributed by atoms with Gasteiger partial charge in [-0.25, -0.2) is 8.78 Å². The summed E-state index contributed by atoms with van der Waals surface area (Å²) in [6, 6.07) is 19.4. The number of carbonyl (C=O) groups excluding carboxylic acids is 3. The van der Waals surface area contributed by atoms with Crippen molar-refractivity contribution in [1.82, 2.24) is 16.0 Å². The molecule has 0 aliphatic rings. The summed E-state index contributed by atoms with van der Waals surface area (Å²) < 4.78 is 28.2. The highest BCUT2D eigenvalue weighted by Gasteiger charge is 2.14. The van der Waals surface area contributed by atoms with E-state index in [-0.39, 0.29) is 43.1 Å². The van der Waals surface area contributed by atoms with Crippen molar-refractivity contribution < 1.29 is 23.2 Å². The van der Waals surface area contributed by atoms with Gasteiger partial charge >= 0.3 is 0 Å². The molecular formula is C26H25F2N3O3. The Morgan fingerprint density at radius 3 is 2.18 bits per heavy atom. The summed E-state index contributed by atoms with van der Waals surface area (Å²) in [6.07, 6.45) is 0.847. The largest absolute Gasteiger partial charge is 0.353 e. The molecule has 0 spiro atoms. The molecule has 0 atom stereocenters. The summed E-state index contributed by atoms with van der Waals surface area (Å²) >= 11 is 0. The van der Waals surface area contributed by atoms with Gasteiger partial charge in [0, 0.05) is 25.1 Å². The Morgan fingerprint density at radius 2 is 1.41 bits per heavy atom. The molecule has 0 fully saturated rings. The molecule has 0 heterocycles. The molecule has 0 radical (unpaired) electrons. The molecule has 0 aliphatic heterocycles. The zero-order chi connectivity index (χ0) is 24.3. The summed E-state index contributed by atoms with van der Waals surface area (Å²) in [5.74, 6) is -2.54. The number of halogens is 2. The van der Waals surface area contributed by atoms with Crippen molar-refractivity contribution in [2.75, 3.05) is 19.6 Å². The Kier molecular flexibility index (Phi) is 8.85. The monoisotopic (exact) mass is 465 g/mol. The van der Waals surface area contributed by atoms with Crippen molar-refractivity contribution in [2.45, 2.75) is 12.8 Å². The van der Waals surface area contributed by atoms with Gasteiger partial charge in [-0.15, -0.1) is 0 Å². The molecule has 0 unspecified atom stereocenters. The minimum atomic E-state index is -0.736. The van der Waals surface area contributed by atoms with Gasteiger partial charge in [0.2, 0.25) is 11.8 Å². The average Bonchev–Trinajstić information content (AvgIpc) is 2.85. The first-order valence-electron chi connectivity index (χ1n) is 10.8. The van der Waals surface area contributed by atoms with E-state index >= 15 is 0 Å². The lowest BCUT2D eigenvalue weighted by molar-refractivity contribution is -0.126. The van der Waals surface area contributed by atoms with E-state index in [9.17, 15) is 23.2 Å². The van der Waals surface area contributed by atoms with E-state index in [4.69, 9.17) is 0 Å². The highest BCUT2D eigenvalue weighted by Crippen LogP contribution is 2.24. The topological polar surface area (TPSA) is 87.3 Å². The van der Waals surface area contributed by atoms with Crippen molar-refractivity contribution in [3.8, 4) is 11.1 Å². The maximum absolute atomic E-state index is 14.2. The van der Waals surface area contributed by atoms with Crippen LogP contribution in [0, 0.1) is 11.6 Å². The fraction of sp³-hybridized carbons (Fsp3) is 0.192. The first-order valence-corrected chi connectivity index (χ1v) is 10.8. The minimum absolute atomic E-state index is 0.0515. The number of amides is 3. The Labute approximate surface area is 196 Å². The number of nitrogens with one attached hydrogen (secondary N) is 3. The van der Waals surface area contributed by atoms with Crippen molar-refractivity contribution >= 4 is 17.7 Å². The molecule has 3 amide bonds. The highest BCUT2D eigenvalue weighted by atomic mass is 19.1. The van der Waals surface area contributed by atoms with E-state index in [0.717, 1.165) is 11.6 Å². The number of benzene rings is 3. The molecule has 0 saturated carbocycles. The van der Waals surface area contributed by atoms with E-state index in [2.05, 4.69) is 16.0 Å². The van der Waals surface area contributed by atoms with E-state index < -0.39 is 23.4 Å². The van der Waals surface area contributed by atoms with Gasteiger partial charge in [-0.2, -0.15) is 0 Å². The van der Waals surface area contributed by atoms with Crippen LogP contribution in [0.25, 0.3) is 11.1 Å². The van der Waals surface area contributed by atoms with Crippen LogP contribution in [0.3, 0.4) is 0 Å². The first kappa shape index (κ1) is 24.6. The van der Waals surface area contributed by atoms with Gasteiger partial charge in [0.15, 0.2) is 0 Å². The molecule has 34 heavy (non-hydrogen) atoms. The van der Waals surface area contributed by atoms with Crippen LogP contribution in [-0.4, -0.2) is 37.4 Å². The average molecular weight is 466 g/mol. The van der Waals surface area contributed by atoms with Crippen LogP contribution in [0.15, 0.2) is 72.8 Å².